The molecule has 0 fully saturated rings. The van der Waals surface area contributed by atoms with E-state index in [1.165, 1.54) is 5.39 Å². The fraction of sp³-hybridized carbons (Fsp3) is 0.476. The summed E-state index contributed by atoms with van der Waals surface area (Å²) in [5.41, 5.74) is 0.658. The molecule has 0 aromatic heterocycles. The molecule has 0 aliphatic carbocycles. The van der Waals surface area contributed by atoms with Crippen molar-refractivity contribution in [2.45, 2.75) is 54.1 Å². The van der Waals surface area contributed by atoms with Gasteiger partial charge in [-0.3, -0.25) is 4.79 Å². The van der Waals surface area contributed by atoms with Gasteiger partial charge in [-0.05, 0) is 48.9 Å². The Bertz CT molecular complexity index is 687. The lowest BCUT2D eigenvalue weighted by Gasteiger charge is -2.31. The van der Waals surface area contributed by atoms with Gasteiger partial charge in [0, 0.05) is 0 Å². The van der Waals surface area contributed by atoms with E-state index >= 15 is 0 Å². The van der Waals surface area contributed by atoms with Gasteiger partial charge in [-0.25, -0.2) is 0 Å². The van der Waals surface area contributed by atoms with Crippen LogP contribution in [0.5, 0.6) is 0 Å². The van der Waals surface area contributed by atoms with Crippen molar-refractivity contribution in [2.24, 2.45) is 10.8 Å². The fourth-order valence-corrected chi connectivity index (χ4v) is 3.39. The lowest BCUT2D eigenvalue weighted by atomic mass is 9.76. The maximum absolute atomic E-state index is 12.6. The van der Waals surface area contributed by atoms with Crippen LogP contribution in [-0.2, 0) is 9.53 Å². The Labute approximate surface area is 139 Å². The van der Waals surface area contributed by atoms with Crippen molar-refractivity contribution in [2.75, 3.05) is 0 Å². The summed E-state index contributed by atoms with van der Waals surface area (Å²) in [5.74, 6) is -0.132. The van der Waals surface area contributed by atoms with Crippen LogP contribution in [-0.4, -0.2) is 5.97 Å². The number of rotatable bonds is 4. The highest BCUT2D eigenvalue weighted by Crippen LogP contribution is 2.36. The standard InChI is InChI=1S/C21H28O2/c1-15(23-19(22)21(5,6)14-20(2,3)4)17-13-9-11-16-10-7-8-12-18(16)17/h7-13,15H,14H2,1-6H3. The van der Waals surface area contributed by atoms with Gasteiger partial charge in [0.2, 0.25) is 0 Å². The molecule has 0 aliphatic heterocycles. The fourth-order valence-electron chi connectivity index (χ4n) is 3.39. The molecule has 0 spiro atoms. The van der Waals surface area contributed by atoms with Gasteiger partial charge in [-0.1, -0.05) is 63.2 Å². The summed E-state index contributed by atoms with van der Waals surface area (Å²) in [6.45, 7) is 12.3. The van der Waals surface area contributed by atoms with Gasteiger partial charge in [0.05, 0.1) is 5.41 Å². The maximum Gasteiger partial charge on any atom is 0.312 e. The van der Waals surface area contributed by atoms with Crippen LogP contribution >= 0.6 is 0 Å². The number of hydrogen-bond acceptors (Lipinski definition) is 2. The van der Waals surface area contributed by atoms with Crippen molar-refractivity contribution >= 4 is 16.7 Å². The Kier molecular flexibility index (Phi) is 4.84. The van der Waals surface area contributed by atoms with Gasteiger partial charge in [-0.15, -0.1) is 0 Å². The molecule has 0 radical (unpaired) electrons. The minimum atomic E-state index is -0.489. The van der Waals surface area contributed by atoms with Crippen LogP contribution in [0.2, 0.25) is 0 Å². The monoisotopic (exact) mass is 312 g/mol. The first-order valence-corrected chi connectivity index (χ1v) is 8.29. The number of benzene rings is 2. The summed E-state index contributed by atoms with van der Waals surface area (Å²) >= 11 is 0. The van der Waals surface area contributed by atoms with E-state index < -0.39 is 5.41 Å². The summed E-state index contributed by atoms with van der Waals surface area (Å²) in [4.78, 5) is 12.6. The Morgan fingerprint density at radius 3 is 2.26 bits per heavy atom. The third-order valence-corrected chi connectivity index (χ3v) is 4.07. The average Bonchev–Trinajstić information content (AvgIpc) is 2.44. The molecule has 1 atom stereocenters. The summed E-state index contributed by atoms with van der Waals surface area (Å²) in [6.07, 6.45) is 0.536. The van der Waals surface area contributed by atoms with E-state index in [1.54, 1.807) is 0 Å². The average molecular weight is 312 g/mol. The molecule has 2 nitrogen and oxygen atoms in total. The SMILES string of the molecule is CC(OC(=O)C(C)(C)CC(C)(C)C)c1cccc2ccccc12. The predicted molar refractivity (Wildman–Crippen MR) is 96.3 cm³/mol. The number of hydrogen-bond donors (Lipinski definition) is 0. The molecule has 2 aromatic carbocycles. The number of carbonyl (C=O) groups excluding carboxylic acids is 1. The van der Waals surface area contributed by atoms with E-state index in [2.05, 4.69) is 39.0 Å². The zero-order valence-electron chi connectivity index (χ0n) is 15.1. The molecular weight excluding hydrogens is 284 g/mol. The van der Waals surface area contributed by atoms with Gasteiger partial charge in [0.15, 0.2) is 0 Å². The van der Waals surface area contributed by atoms with Crippen LogP contribution in [0.25, 0.3) is 10.8 Å². The third kappa shape index (κ3) is 4.34. The second-order valence-corrected chi connectivity index (χ2v) is 8.24. The number of esters is 1. The van der Waals surface area contributed by atoms with Crippen LogP contribution in [0.3, 0.4) is 0 Å². The van der Waals surface area contributed by atoms with Gasteiger partial charge < -0.3 is 4.74 Å². The van der Waals surface area contributed by atoms with Crippen LogP contribution in [0.15, 0.2) is 42.5 Å². The molecule has 2 aromatic rings. The third-order valence-electron chi connectivity index (χ3n) is 4.07. The van der Waals surface area contributed by atoms with E-state index in [9.17, 15) is 4.79 Å². The van der Waals surface area contributed by atoms with Crippen molar-refractivity contribution in [1.29, 1.82) is 0 Å². The van der Waals surface area contributed by atoms with Crippen molar-refractivity contribution < 1.29 is 9.53 Å². The molecular formula is C21H28O2. The molecule has 0 saturated carbocycles. The summed E-state index contributed by atoms with van der Waals surface area (Å²) in [7, 11) is 0. The molecule has 0 heterocycles. The highest BCUT2D eigenvalue weighted by Gasteiger charge is 2.35. The molecule has 0 bridgehead atoms. The Morgan fingerprint density at radius 2 is 1.61 bits per heavy atom. The normalized spacial score (nSPS) is 13.8. The van der Waals surface area contributed by atoms with Gasteiger partial charge >= 0.3 is 5.97 Å². The lowest BCUT2D eigenvalue weighted by Crippen LogP contribution is -2.31. The Hall–Kier alpha value is -1.83. The maximum atomic E-state index is 12.6. The summed E-state index contributed by atoms with van der Waals surface area (Å²) in [6, 6.07) is 14.3. The predicted octanol–water partition coefficient (Wildman–Crippen LogP) is 5.91. The second kappa shape index (κ2) is 6.35. The van der Waals surface area contributed by atoms with Gasteiger partial charge in [0.25, 0.3) is 0 Å². The number of ether oxygens (including phenoxy) is 1. The summed E-state index contributed by atoms with van der Waals surface area (Å²) < 4.78 is 5.82. The molecule has 1 unspecified atom stereocenters. The van der Waals surface area contributed by atoms with E-state index in [0.717, 1.165) is 17.4 Å². The second-order valence-electron chi connectivity index (χ2n) is 8.24. The van der Waals surface area contributed by atoms with Crippen LogP contribution in [0, 0.1) is 10.8 Å². The first-order valence-electron chi connectivity index (χ1n) is 8.29. The lowest BCUT2D eigenvalue weighted by molar-refractivity contribution is -0.160. The Balaban J connectivity index is 2.21. The van der Waals surface area contributed by atoms with Crippen molar-refractivity contribution in [3.05, 3.63) is 48.0 Å². The first-order chi connectivity index (χ1) is 10.6. The summed E-state index contributed by atoms with van der Waals surface area (Å²) in [5, 5.41) is 2.31. The smallest absolute Gasteiger partial charge is 0.312 e. The van der Waals surface area contributed by atoms with Gasteiger partial charge in [-0.2, -0.15) is 0 Å². The first kappa shape index (κ1) is 17.5. The largest absolute Gasteiger partial charge is 0.457 e. The van der Waals surface area contributed by atoms with E-state index in [4.69, 9.17) is 4.74 Å². The van der Waals surface area contributed by atoms with Crippen molar-refractivity contribution in [3.8, 4) is 0 Å². The molecule has 2 rings (SSSR count). The highest BCUT2D eigenvalue weighted by atomic mass is 16.5. The quantitative estimate of drug-likeness (QED) is 0.656. The molecule has 0 saturated heterocycles. The number of carbonyl (C=O) groups is 1. The van der Waals surface area contributed by atoms with Gasteiger partial charge in [0.1, 0.15) is 6.10 Å². The van der Waals surface area contributed by atoms with E-state index in [0.29, 0.717) is 0 Å². The minimum Gasteiger partial charge on any atom is -0.457 e. The van der Waals surface area contributed by atoms with E-state index in [-0.39, 0.29) is 17.5 Å². The molecule has 0 amide bonds. The van der Waals surface area contributed by atoms with Crippen molar-refractivity contribution in [1.82, 2.24) is 0 Å². The number of fused-ring (bicyclic) bond motifs is 1. The molecule has 0 N–H and O–H groups in total. The van der Waals surface area contributed by atoms with Crippen LogP contribution in [0.4, 0.5) is 0 Å². The zero-order valence-corrected chi connectivity index (χ0v) is 15.1. The zero-order chi connectivity index (χ0) is 17.3. The van der Waals surface area contributed by atoms with Crippen LogP contribution < -0.4 is 0 Å². The molecule has 23 heavy (non-hydrogen) atoms. The Morgan fingerprint density at radius 1 is 1.00 bits per heavy atom. The molecule has 124 valence electrons. The van der Waals surface area contributed by atoms with Crippen LogP contribution in [0.1, 0.15) is 59.6 Å². The molecule has 2 heteroatoms. The van der Waals surface area contributed by atoms with E-state index in [1.807, 2.05) is 45.0 Å². The minimum absolute atomic E-state index is 0.0885. The molecule has 0 aliphatic rings. The highest BCUT2D eigenvalue weighted by molar-refractivity contribution is 5.86. The van der Waals surface area contributed by atoms with Crippen molar-refractivity contribution in [3.63, 3.8) is 0 Å². The topological polar surface area (TPSA) is 26.3 Å².